The molecular formula is C29H33ClN4O3. The quantitative estimate of drug-likeness (QED) is 0.289. The number of ether oxygens (including phenoxy) is 1. The lowest BCUT2D eigenvalue weighted by molar-refractivity contribution is -0.186. The molecule has 1 unspecified atom stereocenters. The standard InChI is InChI=1S/C29H33ClN4O3/c1-29(2,3)37-28(36)34-23-13-11-22(12-14-23)33-27(35)19-7-4-18(5-8-19)6-15-24-25-16-21(30)10-9-20(25)17-32-26(24)31/h4-5,7-10,16-17,22-23,28,34,36H,11-14H2,1-3H3,(H2,31,32)(H,33,35)/t22-,23-,28?. The third kappa shape index (κ3) is 7.43. The number of aliphatic hydroxyl groups excluding tert-OH is 1. The first-order chi connectivity index (χ1) is 17.6. The van der Waals surface area contributed by atoms with Crippen molar-refractivity contribution in [2.45, 2.75) is 70.6 Å². The summed E-state index contributed by atoms with van der Waals surface area (Å²) in [6.07, 6.45) is 4.07. The zero-order chi connectivity index (χ0) is 26.6. The summed E-state index contributed by atoms with van der Waals surface area (Å²) in [5.74, 6) is 6.47. The summed E-state index contributed by atoms with van der Waals surface area (Å²) < 4.78 is 5.52. The number of anilines is 1. The number of nitrogens with zero attached hydrogens (tertiary/aromatic N) is 1. The number of aliphatic hydroxyl groups is 1. The summed E-state index contributed by atoms with van der Waals surface area (Å²) in [6, 6.07) is 13.0. The summed E-state index contributed by atoms with van der Waals surface area (Å²) in [5, 5.41) is 18.7. The zero-order valence-corrected chi connectivity index (χ0v) is 22.1. The van der Waals surface area contributed by atoms with E-state index in [2.05, 4.69) is 27.5 Å². The summed E-state index contributed by atoms with van der Waals surface area (Å²) >= 11 is 6.16. The lowest BCUT2D eigenvalue weighted by Crippen LogP contribution is -2.47. The van der Waals surface area contributed by atoms with Gasteiger partial charge in [-0.3, -0.25) is 10.1 Å². The molecule has 1 fully saturated rings. The Kier molecular flexibility index (Phi) is 8.35. The van der Waals surface area contributed by atoms with Gasteiger partial charge in [0, 0.05) is 45.2 Å². The van der Waals surface area contributed by atoms with Gasteiger partial charge in [0.25, 0.3) is 5.91 Å². The van der Waals surface area contributed by atoms with Crippen molar-refractivity contribution in [3.63, 3.8) is 0 Å². The van der Waals surface area contributed by atoms with Crippen molar-refractivity contribution in [2.75, 3.05) is 5.73 Å². The molecule has 37 heavy (non-hydrogen) atoms. The van der Waals surface area contributed by atoms with E-state index < -0.39 is 12.0 Å². The molecule has 7 nitrogen and oxygen atoms in total. The van der Waals surface area contributed by atoms with Crippen LogP contribution in [0.15, 0.2) is 48.7 Å². The molecule has 5 N–H and O–H groups in total. The van der Waals surface area contributed by atoms with Crippen LogP contribution < -0.4 is 16.4 Å². The van der Waals surface area contributed by atoms with Gasteiger partial charge in [0.15, 0.2) is 0 Å². The van der Waals surface area contributed by atoms with Crippen molar-refractivity contribution < 1.29 is 14.6 Å². The number of amides is 1. The van der Waals surface area contributed by atoms with Crippen LogP contribution in [0.4, 0.5) is 5.82 Å². The molecule has 1 aliphatic carbocycles. The van der Waals surface area contributed by atoms with Crippen molar-refractivity contribution in [2.24, 2.45) is 0 Å². The number of carbonyl (C=O) groups excluding carboxylic acids is 1. The van der Waals surface area contributed by atoms with E-state index in [1.54, 1.807) is 24.4 Å². The first-order valence-corrected chi connectivity index (χ1v) is 12.8. The van der Waals surface area contributed by atoms with Gasteiger partial charge in [-0.1, -0.05) is 29.5 Å². The van der Waals surface area contributed by atoms with Gasteiger partial charge in [0.1, 0.15) is 5.82 Å². The third-order valence-corrected chi connectivity index (χ3v) is 6.50. The normalized spacial score (nSPS) is 18.6. The summed E-state index contributed by atoms with van der Waals surface area (Å²) in [6.45, 7) is 5.70. The van der Waals surface area contributed by atoms with Gasteiger partial charge >= 0.3 is 0 Å². The van der Waals surface area contributed by atoms with Crippen LogP contribution in [0.3, 0.4) is 0 Å². The highest BCUT2D eigenvalue weighted by Gasteiger charge is 2.25. The molecule has 0 spiro atoms. The summed E-state index contributed by atoms with van der Waals surface area (Å²) in [5.41, 5.74) is 7.63. The highest BCUT2D eigenvalue weighted by molar-refractivity contribution is 6.31. The van der Waals surface area contributed by atoms with E-state index in [1.165, 1.54) is 0 Å². The predicted octanol–water partition coefficient (Wildman–Crippen LogP) is 4.59. The van der Waals surface area contributed by atoms with Gasteiger partial charge in [-0.05, 0) is 82.9 Å². The van der Waals surface area contributed by atoms with Gasteiger partial charge in [0.2, 0.25) is 6.41 Å². The summed E-state index contributed by atoms with van der Waals surface area (Å²) in [7, 11) is 0. The number of nitrogens with one attached hydrogen (secondary N) is 2. The maximum absolute atomic E-state index is 12.8. The molecule has 1 amide bonds. The lowest BCUT2D eigenvalue weighted by atomic mass is 9.91. The molecule has 1 saturated carbocycles. The maximum Gasteiger partial charge on any atom is 0.251 e. The third-order valence-electron chi connectivity index (χ3n) is 6.27. The van der Waals surface area contributed by atoms with Crippen LogP contribution in [0.25, 0.3) is 10.8 Å². The predicted molar refractivity (Wildman–Crippen MR) is 147 cm³/mol. The Morgan fingerprint density at radius 3 is 2.46 bits per heavy atom. The lowest BCUT2D eigenvalue weighted by Gasteiger charge is -2.33. The average Bonchev–Trinajstić information content (AvgIpc) is 2.84. The van der Waals surface area contributed by atoms with E-state index in [1.807, 2.05) is 45.0 Å². The number of benzene rings is 2. The molecule has 194 valence electrons. The molecule has 1 aromatic heterocycles. The van der Waals surface area contributed by atoms with Crippen molar-refractivity contribution in [3.05, 3.63) is 70.4 Å². The maximum atomic E-state index is 12.8. The number of carbonyl (C=O) groups is 1. The second-order valence-electron chi connectivity index (χ2n) is 10.3. The highest BCUT2D eigenvalue weighted by atomic mass is 35.5. The topological polar surface area (TPSA) is 110 Å². The van der Waals surface area contributed by atoms with Crippen molar-refractivity contribution in [1.82, 2.24) is 15.6 Å². The number of halogens is 1. The van der Waals surface area contributed by atoms with Crippen LogP contribution in [0.1, 0.15) is 67.9 Å². The Bertz CT molecular complexity index is 1310. The molecule has 0 saturated heterocycles. The monoisotopic (exact) mass is 520 g/mol. The molecule has 0 bridgehead atoms. The fourth-order valence-electron chi connectivity index (χ4n) is 4.41. The van der Waals surface area contributed by atoms with E-state index >= 15 is 0 Å². The fourth-order valence-corrected chi connectivity index (χ4v) is 4.59. The fraction of sp³-hybridized carbons (Fsp3) is 0.379. The van der Waals surface area contributed by atoms with Gasteiger partial charge in [-0.2, -0.15) is 0 Å². The number of aromatic nitrogens is 1. The van der Waals surface area contributed by atoms with Crippen LogP contribution in [0.2, 0.25) is 5.02 Å². The van der Waals surface area contributed by atoms with E-state index in [9.17, 15) is 9.90 Å². The molecule has 2 aromatic carbocycles. The Morgan fingerprint density at radius 2 is 1.78 bits per heavy atom. The number of fused-ring (bicyclic) bond motifs is 1. The van der Waals surface area contributed by atoms with Crippen LogP contribution in [0, 0.1) is 11.8 Å². The van der Waals surface area contributed by atoms with Crippen LogP contribution in [-0.2, 0) is 4.74 Å². The first-order valence-electron chi connectivity index (χ1n) is 12.5. The smallest absolute Gasteiger partial charge is 0.251 e. The SMILES string of the molecule is CC(C)(C)OC(O)N[C@H]1CC[C@H](NC(=O)c2ccc(C#Cc3c(N)ncc4ccc(Cl)cc34)cc2)CC1. The Hall–Kier alpha value is -3.15. The largest absolute Gasteiger partial charge is 0.383 e. The minimum Gasteiger partial charge on any atom is -0.383 e. The molecule has 0 radical (unpaired) electrons. The minimum atomic E-state index is -0.996. The number of nitrogen functional groups attached to an aromatic ring is 1. The molecule has 4 rings (SSSR count). The molecule has 1 aliphatic rings. The highest BCUT2D eigenvalue weighted by Crippen LogP contribution is 2.25. The zero-order valence-electron chi connectivity index (χ0n) is 21.3. The Morgan fingerprint density at radius 1 is 1.11 bits per heavy atom. The number of hydrogen-bond acceptors (Lipinski definition) is 6. The van der Waals surface area contributed by atoms with E-state index in [-0.39, 0.29) is 18.0 Å². The Labute approximate surface area is 222 Å². The van der Waals surface area contributed by atoms with E-state index in [0.717, 1.165) is 42.0 Å². The molecule has 8 heteroatoms. The molecule has 0 aliphatic heterocycles. The Balaban J connectivity index is 1.33. The number of rotatable bonds is 5. The van der Waals surface area contributed by atoms with Crippen molar-refractivity contribution >= 4 is 34.1 Å². The van der Waals surface area contributed by atoms with Crippen molar-refractivity contribution in [1.29, 1.82) is 0 Å². The van der Waals surface area contributed by atoms with Crippen LogP contribution >= 0.6 is 11.6 Å². The van der Waals surface area contributed by atoms with Gasteiger partial charge < -0.3 is 20.9 Å². The molecule has 1 heterocycles. The van der Waals surface area contributed by atoms with Crippen molar-refractivity contribution in [3.8, 4) is 11.8 Å². The summed E-state index contributed by atoms with van der Waals surface area (Å²) in [4.78, 5) is 17.0. The first kappa shape index (κ1) is 26.9. The number of nitrogens with two attached hydrogens (primary N) is 1. The van der Waals surface area contributed by atoms with Gasteiger partial charge in [-0.15, -0.1) is 0 Å². The molecule has 1 atom stereocenters. The average molecular weight is 521 g/mol. The van der Waals surface area contributed by atoms with Gasteiger partial charge in [-0.25, -0.2) is 4.98 Å². The number of hydrogen-bond donors (Lipinski definition) is 4. The second-order valence-corrected chi connectivity index (χ2v) is 10.8. The van der Waals surface area contributed by atoms with E-state index in [4.69, 9.17) is 22.1 Å². The van der Waals surface area contributed by atoms with E-state index in [0.29, 0.717) is 22.0 Å². The molecule has 3 aromatic rings. The number of pyridine rings is 1. The minimum absolute atomic E-state index is 0.0966. The van der Waals surface area contributed by atoms with Gasteiger partial charge in [0.05, 0.1) is 11.2 Å². The molecular weight excluding hydrogens is 488 g/mol. The van der Waals surface area contributed by atoms with Crippen LogP contribution in [0.5, 0.6) is 0 Å². The second kappa shape index (κ2) is 11.5. The van der Waals surface area contributed by atoms with Crippen LogP contribution in [-0.4, -0.2) is 40.1 Å².